The second kappa shape index (κ2) is 1.82. The van der Waals surface area contributed by atoms with Crippen LogP contribution in [0.2, 0.25) is 0 Å². The van der Waals surface area contributed by atoms with Crippen molar-refractivity contribution in [1.29, 1.82) is 0 Å². The van der Waals surface area contributed by atoms with Crippen molar-refractivity contribution >= 4 is 0 Å². The highest BCUT2D eigenvalue weighted by Gasteiger charge is 2.57. The minimum atomic E-state index is 0.410. The molecule has 2 fully saturated rings. The van der Waals surface area contributed by atoms with Crippen LogP contribution in [0, 0.1) is 16.7 Å². The second-order valence-corrected chi connectivity index (χ2v) is 5.39. The molecule has 2 N–H and O–H groups in total. The molecule has 0 saturated heterocycles. The fraction of sp³-hybridized carbons (Fsp3) is 1.00. The van der Waals surface area contributed by atoms with E-state index in [1.807, 2.05) is 0 Å². The van der Waals surface area contributed by atoms with Crippen molar-refractivity contribution < 1.29 is 0 Å². The molecule has 1 nitrogen and oxygen atoms in total. The molecule has 0 amide bonds. The van der Waals surface area contributed by atoms with Gasteiger partial charge in [-0.2, -0.15) is 0 Å². The minimum absolute atomic E-state index is 0.410. The summed E-state index contributed by atoms with van der Waals surface area (Å²) in [6, 6.07) is 0.439. The highest BCUT2D eigenvalue weighted by Crippen LogP contribution is 2.61. The molecule has 2 bridgehead atoms. The fourth-order valence-corrected chi connectivity index (χ4v) is 3.34. The SMILES string of the molecule is CC1(C)C(N)[C@]2(C)CC[C@@H]1C2. The number of fused-ring (bicyclic) bond motifs is 2. The number of nitrogens with two attached hydrogens (primary N) is 1. The average Bonchev–Trinajstić information content (AvgIpc) is 2.36. The van der Waals surface area contributed by atoms with Gasteiger partial charge in [0.25, 0.3) is 0 Å². The Balaban J connectivity index is 2.34. The van der Waals surface area contributed by atoms with Crippen LogP contribution in [0.15, 0.2) is 0 Å². The number of hydrogen-bond donors (Lipinski definition) is 1. The average molecular weight is 153 g/mol. The van der Waals surface area contributed by atoms with E-state index < -0.39 is 0 Å². The third kappa shape index (κ3) is 0.752. The lowest BCUT2D eigenvalue weighted by Crippen LogP contribution is -2.46. The van der Waals surface area contributed by atoms with Gasteiger partial charge in [-0.3, -0.25) is 0 Å². The Hall–Kier alpha value is -0.0400. The first-order valence-electron chi connectivity index (χ1n) is 4.72. The second-order valence-electron chi connectivity index (χ2n) is 5.39. The minimum Gasteiger partial charge on any atom is -0.327 e. The third-order valence-electron chi connectivity index (χ3n) is 4.38. The number of hydrogen-bond acceptors (Lipinski definition) is 1. The lowest BCUT2D eigenvalue weighted by Gasteiger charge is -2.40. The van der Waals surface area contributed by atoms with E-state index in [0.717, 1.165) is 5.92 Å². The van der Waals surface area contributed by atoms with E-state index in [9.17, 15) is 0 Å². The molecule has 2 rings (SSSR count). The van der Waals surface area contributed by atoms with Crippen molar-refractivity contribution in [1.82, 2.24) is 0 Å². The Morgan fingerprint density at radius 3 is 2.18 bits per heavy atom. The smallest absolute Gasteiger partial charge is 0.0147 e. The molecule has 0 radical (unpaired) electrons. The van der Waals surface area contributed by atoms with Crippen LogP contribution < -0.4 is 5.73 Å². The third-order valence-corrected chi connectivity index (χ3v) is 4.38. The summed E-state index contributed by atoms with van der Waals surface area (Å²) in [6.45, 7) is 7.05. The summed E-state index contributed by atoms with van der Waals surface area (Å²) < 4.78 is 0. The van der Waals surface area contributed by atoms with Crippen molar-refractivity contribution in [3.8, 4) is 0 Å². The van der Waals surface area contributed by atoms with Crippen LogP contribution in [-0.2, 0) is 0 Å². The quantitative estimate of drug-likeness (QED) is 0.567. The molecule has 64 valence electrons. The highest BCUT2D eigenvalue weighted by atomic mass is 14.8. The molecule has 0 heterocycles. The van der Waals surface area contributed by atoms with Gasteiger partial charge in [0.2, 0.25) is 0 Å². The van der Waals surface area contributed by atoms with E-state index in [4.69, 9.17) is 5.73 Å². The molecule has 1 unspecified atom stereocenters. The largest absolute Gasteiger partial charge is 0.327 e. The van der Waals surface area contributed by atoms with Crippen molar-refractivity contribution in [2.45, 2.75) is 46.1 Å². The molecule has 0 aliphatic heterocycles. The summed E-state index contributed by atoms with van der Waals surface area (Å²) in [5.74, 6) is 0.905. The van der Waals surface area contributed by atoms with Crippen LogP contribution >= 0.6 is 0 Å². The zero-order valence-electron chi connectivity index (χ0n) is 7.85. The molecule has 0 aromatic heterocycles. The van der Waals surface area contributed by atoms with Gasteiger partial charge in [-0.25, -0.2) is 0 Å². The lowest BCUT2D eigenvalue weighted by molar-refractivity contribution is 0.141. The zero-order valence-corrected chi connectivity index (χ0v) is 7.85. The van der Waals surface area contributed by atoms with Gasteiger partial charge < -0.3 is 5.73 Å². The predicted molar refractivity (Wildman–Crippen MR) is 47.2 cm³/mol. The van der Waals surface area contributed by atoms with E-state index in [1.54, 1.807) is 0 Å². The standard InChI is InChI=1S/C10H19N/c1-9(2)7-4-5-10(3,6-7)8(9)11/h7-8H,4-6,11H2,1-3H3/t7-,8?,10-/m1/s1. The highest BCUT2D eigenvalue weighted by molar-refractivity contribution is 5.10. The van der Waals surface area contributed by atoms with E-state index in [0.29, 0.717) is 16.9 Å². The van der Waals surface area contributed by atoms with Crippen LogP contribution in [0.3, 0.4) is 0 Å². The van der Waals surface area contributed by atoms with Crippen molar-refractivity contribution in [2.24, 2.45) is 22.5 Å². The first kappa shape index (κ1) is 7.60. The van der Waals surface area contributed by atoms with Crippen molar-refractivity contribution in [3.63, 3.8) is 0 Å². The molecule has 0 aromatic rings. The molecule has 11 heavy (non-hydrogen) atoms. The molecule has 0 aromatic carbocycles. The van der Waals surface area contributed by atoms with Crippen LogP contribution in [0.1, 0.15) is 40.0 Å². The maximum atomic E-state index is 6.23. The van der Waals surface area contributed by atoms with Crippen LogP contribution in [0.5, 0.6) is 0 Å². The first-order valence-corrected chi connectivity index (χ1v) is 4.72. The Morgan fingerprint density at radius 1 is 1.27 bits per heavy atom. The molecule has 1 heteroatoms. The van der Waals surface area contributed by atoms with Crippen LogP contribution in [0.4, 0.5) is 0 Å². The maximum Gasteiger partial charge on any atom is 0.0147 e. The summed E-state index contributed by atoms with van der Waals surface area (Å²) >= 11 is 0. The van der Waals surface area contributed by atoms with E-state index in [-0.39, 0.29) is 0 Å². The monoisotopic (exact) mass is 153 g/mol. The first-order chi connectivity index (χ1) is 4.97. The van der Waals surface area contributed by atoms with Crippen LogP contribution in [-0.4, -0.2) is 6.04 Å². The zero-order chi connectivity index (χ0) is 8.28. The fourth-order valence-electron chi connectivity index (χ4n) is 3.34. The van der Waals surface area contributed by atoms with Crippen molar-refractivity contribution in [3.05, 3.63) is 0 Å². The Bertz CT molecular complexity index is 181. The van der Waals surface area contributed by atoms with Gasteiger partial charge in [0.15, 0.2) is 0 Å². The van der Waals surface area contributed by atoms with Gasteiger partial charge in [0, 0.05) is 6.04 Å². The molecule has 3 atom stereocenters. The molecule has 2 saturated carbocycles. The Morgan fingerprint density at radius 2 is 1.91 bits per heavy atom. The molecule has 2 aliphatic carbocycles. The summed E-state index contributed by atoms with van der Waals surface area (Å²) in [5, 5.41) is 0. The predicted octanol–water partition coefficient (Wildman–Crippen LogP) is 2.16. The lowest BCUT2D eigenvalue weighted by atomic mass is 9.69. The van der Waals surface area contributed by atoms with E-state index in [2.05, 4.69) is 20.8 Å². The van der Waals surface area contributed by atoms with Crippen molar-refractivity contribution in [2.75, 3.05) is 0 Å². The van der Waals surface area contributed by atoms with Gasteiger partial charge >= 0.3 is 0 Å². The summed E-state index contributed by atoms with van der Waals surface area (Å²) in [6.07, 6.45) is 4.15. The Labute approximate surface area is 69.4 Å². The van der Waals surface area contributed by atoms with Gasteiger partial charge in [0.05, 0.1) is 0 Å². The van der Waals surface area contributed by atoms with Gasteiger partial charge in [0.1, 0.15) is 0 Å². The molecular formula is C10H19N. The molecule has 0 spiro atoms. The normalized spacial score (nSPS) is 53.5. The van der Waals surface area contributed by atoms with Gasteiger partial charge in [-0.05, 0) is 36.0 Å². The number of rotatable bonds is 0. The van der Waals surface area contributed by atoms with E-state index in [1.165, 1.54) is 19.3 Å². The summed E-state index contributed by atoms with van der Waals surface area (Å²) in [7, 11) is 0. The molecular weight excluding hydrogens is 134 g/mol. The topological polar surface area (TPSA) is 26.0 Å². The summed E-state index contributed by atoms with van der Waals surface area (Å²) in [5.41, 5.74) is 7.12. The maximum absolute atomic E-state index is 6.23. The molecule has 2 aliphatic rings. The van der Waals surface area contributed by atoms with E-state index >= 15 is 0 Å². The summed E-state index contributed by atoms with van der Waals surface area (Å²) in [4.78, 5) is 0. The van der Waals surface area contributed by atoms with Crippen LogP contribution in [0.25, 0.3) is 0 Å². The van der Waals surface area contributed by atoms with Gasteiger partial charge in [-0.1, -0.05) is 20.8 Å². The Kier molecular flexibility index (Phi) is 1.26. The van der Waals surface area contributed by atoms with Gasteiger partial charge in [-0.15, -0.1) is 0 Å².